The molecule has 0 amide bonds. The van der Waals surface area contributed by atoms with Crippen LogP contribution in [0.25, 0.3) is 0 Å². The first-order valence-electron chi connectivity index (χ1n) is 13.7. The van der Waals surface area contributed by atoms with Gasteiger partial charge in [0.2, 0.25) is 0 Å². The van der Waals surface area contributed by atoms with Gasteiger partial charge in [0.25, 0.3) is 5.66 Å². The average molecular weight is 519 g/mol. The maximum absolute atomic E-state index is 13.0. The Labute approximate surface area is 222 Å². The highest BCUT2D eigenvalue weighted by Gasteiger charge is 2.31. The Hall–Kier alpha value is -1.60. The third-order valence-corrected chi connectivity index (χ3v) is 7.71. The highest BCUT2D eigenvalue weighted by molar-refractivity contribution is 7.18. The van der Waals surface area contributed by atoms with E-state index in [2.05, 4.69) is 58.9 Å². The van der Waals surface area contributed by atoms with E-state index >= 15 is 0 Å². The van der Waals surface area contributed by atoms with Gasteiger partial charge in [0, 0.05) is 11.5 Å². The molecule has 2 aliphatic carbocycles. The predicted octanol–water partition coefficient (Wildman–Crippen LogP) is 10.3. The van der Waals surface area contributed by atoms with Crippen molar-refractivity contribution in [3.8, 4) is 0 Å². The molecular formula is C32H49F2OP. The van der Waals surface area contributed by atoms with Crippen LogP contribution in [-0.2, 0) is 6.42 Å². The number of hydrogen-bond donors (Lipinski definition) is 0. The summed E-state index contributed by atoms with van der Waals surface area (Å²) >= 11 is 0. The van der Waals surface area contributed by atoms with Crippen LogP contribution in [-0.4, -0.2) is 11.4 Å². The number of benzene rings is 2. The van der Waals surface area contributed by atoms with E-state index in [1.807, 2.05) is 0 Å². The summed E-state index contributed by atoms with van der Waals surface area (Å²) in [5, 5.41) is 0. The highest BCUT2D eigenvalue weighted by Crippen LogP contribution is 2.38. The molecule has 0 bridgehead atoms. The molecule has 4 heteroatoms. The summed E-state index contributed by atoms with van der Waals surface area (Å²) in [6.45, 7) is 14.2. The minimum Gasteiger partial charge on any atom is -0.295 e. The Balaban J connectivity index is 0.000000262. The van der Waals surface area contributed by atoms with Crippen LogP contribution >= 0.6 is 9.24 Å². The van der Waals surface area contributed by atoms with Crippen molar-refractivity contribution in [1.29, 1.82) is 0 Å². The van der Waals surface area contributed by atoms with Gasteiger partial charge in [0.15, 0.2) is 5.78 Å². The van der Waals surface area contributed by atoms with Crippen LogP contribution in [0, 0.1) is 24.7 Å². The molecule has 0 radical (unpaired) electrons. The Morgan fingerprint density at radius 3 is 1.61 bits per heavy atom. The van der Waals surface area contributed by atoms with E-state index in [0.717, 1.165) is 24.2 Å². The molecule has 1 nitrogen and oxygen atoms in total. The van der Waals surface area contributed by atoms with Gasteiger partial charge >= 0.3 is 0 Å². The minimum absolute atomic E-state index is 0.0631. The van der Waals surface area contributed by atoms with Crippen molar-refractivity contribution < 1.29 is 13.6 Å². The zero-order valence-corrected chi connectivity index (χ0v) is 24.8. The first kappa shape index (κ1) is 32.4. The van der Waals surface area contributed by atoms with Crippen LogP contribution in [0.2, 0.25) is 0 Å². The Kier molecular flexibility index (Phi) is 14.7. The molecule has 2 aromatic carbocycles. The second-order valence-corrected chi connectivity index (χ2v) is 11.7. The Bertz CT molecular complexity index is 866. The SMILES string of the molecule is CC(=O)c1ccc(C(C)C(F)(F)P)cc1.CC1CC1.CC1CCC(C)CC1.CCc1ccccc1C. The van der Waals surface area contributed by atoms with Gasteiger partial charge in [-0.2, -0.15) is 0 Å². The highest BCUT2D eigenvalue weighted by atomic mass is 31.0. The fraction of sp³-hybridized carbons (Fsp3) is 0.594. The smallest absolute Gasteiger partial charge is 0.265 e. The van der Waals surface area contributed by atoms with Crippen LogP contribution in [0.3, 0.4) is 0 Å². The summed E-state index contributed by atoms with van der Waals surface area (Å²) in [5.41, 5.74) is 1.10. The zero-order valence-electron chi connectivity index (χ0n) is 23.6. The lowest BCUT2D eigenvalue weighted by molar-refractivity contribution is 0.0781. The van der Waals surface area contributed by atoms with Gasteiger partial charge in [-0.3, -0.25) is 4.79 Å². The molecule has 0 spiro atoms. The lowest BCUT2D eigenvalue weighted by atomic mass is 9.84. The van der Waals surface area contributed by atoms with Gasteiger partial charge < -0.3 is 0 Å². The fourth-order valence-electron chi connectivity index (χ4n) is 3.83. The second-order valence-electron chi connectivity index (χ2n) is 10.9. The van der Waals surface area contributed by atoms with Gasteiger partial charge in [-0.25, -0.2) is 8.78 Å². The maximum Gasteiger partial charge on any atom is 0.265 e. The largest absolute Gasteiger partial charge is 0.295 e. The molecule has 36 heavy (non-hydrogen) atoms. The lowest BCUT2D eigenvalue weighted by Crippen LogP contribution is -2.15. The first-order chi connectivity index (χ1) is 16.8. The lowest BCUT2D eigenvalue weighted by Gasteiger charge is -2.22. The predicted molar refractivity (Wildman–Crippen MR) is 155 cm³/mol. The number of rotatable bonds is 4. The molecule has 4 rings (SSSR count). The molecule has 0 saturated heterocycles. The van der Waals surface area contributed by atoms with E-state index in [1.54, 1.807) is 24.3 Å². The Morgan fingerprint density at radius 2 is 1.31 bits per heavy atom. The monoisotopic (exact) mass is 518 g/mol. The van der Waals surface area contributed by atoms with E-state index in [9.17, 15) is 13.6 Å². The number of halogens is 2. The quantitative estimate of drug-likeness (QED) is 0.291. The van der Waals surface area contributed by atoms with Crippen LogP contribution in [0.4, 0.5) is 8.78 Å². The molecule has 202 valence electrons. The summed E-state index contributed by atoms with van der Waals surface area (Å²) < 4.78 is 25.9. The molecule has 2 atom stereocenters. The second kappa shape index (κ2) is 16.3. The van der Waals surface area contributed by atoms with E-state index < -0.39 is 11.6 Å². The third-order valence-electron chi connectivity index (χ3n) is 7.21. The number of alkyl halides is 2. The zero-order chi connectivity index (χ0) is 27.3. The van der Waals surface area contributed by atoms with E-state index in [4.69, 9.17) is 0 Å². The molecule has 0 aromatic heterocycles. The van der Waals surface area contributed by atoms with Crippen LogP contribution in [0.5, 0.6) is 0 Å². The van der Waals surface area contributed by atoms with Crippen LogP contribution < -0.4 is 0 Å². The van der Waals surface area contributed by atoms with Crippen molar-refractivity contribution in [3.63, 3.8) is 0 Å². The number of Topliss-reactive ketones (excluding diaryl/α,β-unsaturated/α-hetero) is 1. The minimum atomic E-state index is -2.82. The number of carbonyl (C=O) groups is 1. The first-order valence-corrected chi connectivity index (χ1v) is 14.2. The number of ketones is 1. The molecule has 2 unspecified atom stereocenters. The number of aryl methyl sites for hydroxylation is 2. The summed E-state index contributed by atoms with van der Waals surface area (Å²) in [6, 6.07) is 14.8. The molecule has 0 heterocycles. The molecule has 2 aromatic rings. The normalized spacial score (nSPS) is 19.8. The van der Waals surface area contributed by atoms with Crippen molar-refractivity contribution in [2.75, 3.05) is 0 Å². The van der Waals surface area contributed by atoms with Gasteiger partial charge in [0.05, 0.1) is 0 Å². The summed E-state index contributed by atoms with van der Waals surface area (Å²) in [7, 11) is 1.53. The molecular weight excluding hydrogens is 469 g/mol. The van der Waals surface area contributed by atoms with Crippen molar-refractivity contribution in [2.24, 2.45) is 17.8 Å². The van der Waals surface area contributed by atoms with Gasteiger partial charge in [-0.1, -0.05) is 131 Å². The van der Waals surface area contributed by atoms with Crippen molar-refractivity contribution in [1.82, 2.24) is 0 Å². The molecule has 2 aliphatic rings. The summed E-state index contributed by atoms with van der Waals surface area (Å²) in [6.07, 6.45) is 10.0. The van der Waals surface area contributed by atoms with E-state index in [0.29, 0.717) is 11.1 Å². The van der Waals surface area contributed by atoms with Crippen molar-refractivity contribution in [2.45, 2.75) is 105 Å². The van der Waals surface area contributed by atoms with Crippen LogP contribution in [0.15, 0.2) is 48.5 Å². The standard InChI is InChI=1S/C11H13F2OP.C9H12.C8H16.C4H8/c1-7(11(12,13)15)9-3-5-10(6-4-9)8(2)14;1-3-9-7-5-4-6-8(9)2;1-7-3-5-8(2)6-4-7;1-4-2-3-4/h3-7H,15H2,1-2H3;4-7H,3H2,1-2H3;7-8H,3-6H2,1-2H3;4H,2-3H2,1H3. The number of carbonyl (C=O) groups excluding carboxylic acids is 1. The van der Waals surface area contributed by atoms with Gasteiger partial charge in [-0.05, 0) is 54.7 Å². The van der Waals surface area contributed by atoms with Crippen molar-refractivity contribution >= 4 is 15.0 Å². The van der Waals surface area contributed by atoms with Gasteiger partial charge in [-0.15, -0.1) is 0 Å². The van der Waals surface area contributed by atoms with Crippen LogP contribution in [0.1, 0.15) is 113 Å². The molecule has 2 fully saturated rings. The van der Waals surface area contributed by atoms with E-state index in [-0.39, 0.29) is 5.78 Å². The summed E-state index contributed by atoms with van der Waals surface area (Å²) in [5.74, 6) is 2.19. The maximum atomic E-state index is 13.0. The number of hydrogen-bond acceptors (Lipinski definition) is 1. The fourth-order valence-corrected chi connectivity index (χ4v) is 4.02. The van der Waals surface area contributed by atoms with Crippen molar-refractivity contribution in [3.05, 3.63) is 70.8 Å². The van der Waals surface area contributed by atoms with E-state index in [1.165, 1.54) is 72.7 Å². The van der Waals surface area contributed by atoms with Gasteiger partial charge in [0.1, 0.15) is 0 Å². The third kappa shape index (κ3) is 13.6. The topological polar surface area (TPSA) is 17.1 Å². The molecule has 0 aliphatic heterocycles. The molecule has 2 saturated carbocycles. The molecule has 0 N–H and O–H groups in total. The average Bonchev–Trinajstić information content (AvgIpc) is 3.63. The summed E-state index contributed by atoms with van der Waals surface area (Å²) in [4.78, 5) is 11.0. The Morgan fingerprint density at radius 1 is 0.889 bits per heavy atom.